The number of carbonyl (C=O) groups excluding carboxylic acids is 1. The Kier molecular flexibility index (Phi) is 4.37. The van der Waals surface area contributed by atoms with Gasteiger partial charge in [0.2, 0.25) is 0 Å². The molecule has 5 nitrogen and oxygen atoms in total. The fourth-order valence-corrected chi connectivity index (χ4v) is 6.33. The van der Waals surface area contributed by atoms with Crippen LogP contribution in [0.2, 0.25) is 0 Å². The predicted molar refractivity (Wildman–Crippen MR) is 123 cm³/mol. The maximum absolute atomic E-state index is 12.9. The minimum atomic E-state index is -0.193. The van der Waals surface area contributed by atoms with E-state index in [0.717, 1.165) is 66.5 Å². The number of ether oxygens (including phenoxy) is 2. The minimum absolute atomic E-state index is 0.0722. The average Bonchev–Trinajstić information content (AvgIpc) is 3.32. The number of fused-ring (bicyclic) bond motifs is 8. The molecule has 2 aromatic rings. The molecule has 6 rings (SSSR count). The van der Waals surface area contributed by atoms with Crippen LogP contribution in [-0.4, -0.2) is 23.6 Å². The summed E-state index contributed by atoms with van der Waals surface area (Å²) in [6.07, 6.45) is 8.61. The summed E-state index contributed by atoms with van der Waals surface area (Å²) >= 11 is 0. The summed E-state index contributed by atoms with van der Waals surface area (Å²) in [5, 5.41) is 0. The number of pyridine rings is 1. The highest BCUT2D eigenvalue weighted by Crippen LogP contribution is 2.61. The fourth-order valence-electron chi connectivity index (χ4n) is 6.33. The molecule has 2 unspecified atom stereocenters. The molecule has 4 aliphatic rings. The lowest BCUT2D eigenvalue weighted by atomic mass is 9.76. The first-order chi connectivity index (χ1) is 15.3. The van der Waals surface area contributed by atoms with Gasteiger partial charge in [-0.1, -0.05) is 26.7 Å². The molecule has 0 spiro atoms. The number of Topliss-reactive ketones (excluding diaryl/α,β-unsaturated/α-hetero) is 1. The van der Waals surface area contributed by atoms with Crippen molar-refractivity contribution in [3.63, 3.8) is 0 Å². The second-order valence-corrected chi connectivity index (χ2v) is 10.8. The molecule has 0 saturated heterocycles. The van der Waals surface area contributed by atoms with Crippen molar-refractivity contribution in [2.75, 3.05) is 13.2 Å². The third-order valence-electron chi connectivity index (χ3n) is 8.15. The van der Waals surface area contributed by atoms with Gasteiger partial charge in [0.15, 0.2) is 22.7 Å². The van der Waals surface area contributed by atoms with E-state index in [1.54, 1.807) is 6.07 Å². The molecule has 1 aromatic carbocycles. The highest BCUT2D eigenvalue weighted by atomic mass is 16.5. The molecule has 2 atom stereocenters. The Bertz CT molecular complexity index is 1190. The molecule has 3 heterocycles. The minimum Gasteiger partial charge on any atom is -0.490 e. The summed E-state index contributed by atoms with van der Waals surface area (Å²) in [5.74, 6) is 2.72. The zero-order valence-electron chi connectivity index (χ0n) is 19.2. The van der Waals surface area contributed by atoms with E-state index >= 15 is 0 Å². The lowest BCUT2D eigenvalue weighted by Crippen LogP contribution is -2.32. The van der Waals surface area contributed by atoms with Crippen LogP contribution in [0.4, 0.5) is 0 Å². The first-order valence-corrected chi connectivity index (χ1v) is 12.1. The summed E-state index contributed by atoms with van der Waals surface area (Å²) in [6, 6.07) is 4.11. The average molecular weight is 434 g/mol. The van der Waals surface area contributed by atoms with E-state index in [9.17, 15) is 9.59 Å². The molecular weight excluding hydrogens is 402 g/mol. The maximum atomic E-state index is 12.9. The van der Waals surface area contributed by atoms with Crippen molar-refractivity contribution in [1.82, 2.24) is 4.57 Å². The lowest BCUT2D eigenvalue weighted by molar-refractivity contribution is 0.101. The number of aromatic nitrogens is 1. The summed E-state index contributed by atoms with van der Waals surface area (Å²) in [4.78, 5) is 25.1. The van der Waals surface area contributed by atoms with Gasteiger partial charge in [-0.3, -0.25) is 9.59 Å². The highest BCUT2D eigenvalue weighted by molar-refractivity contribution is 5.94. The van der Waals surface area contributed by atoms with Gasteiger partial charge >= 0.3 is 0 Å². The van der Waals surface area contributed by atoms with Gasteiger partial charge in [0.25, 0.3) is 0 Å². The Labute approximate surface area is 188 Å². The van der Waals surface area contributed by atoms with Gasteiger partial charge in [0.05, 0.1) is 24.5 Å². The summed E-state index contributed by atoms with van der Waals surface area (Å²) in [5.41, 5.74) is 4.68. The van der Waals surface area contributed by atoms with Crippen molar-refractivity contribution in [3.05, 3.63) is 45.2 Å². The van der Waals surface area contributed by atoms with E-state index in [-0.39, 0.29) is 28.2 Å². The van der Waals surface area contributed by atoms with Gasteiger partial charge < -0.3 is 14.0 Å². The summed E-state index contributed by atoms with van der Waals surface area (Å²) in [6.45, 7) is 7.47. The van der Waals surface area contributed by atoms with Crippen molar-refractivity contribution in [2.24, 2.45) is 11.3 Å². The van der Waals surface area contributed by atoms with Crippen LogP contribution in [-0.2, 0) is 6.42 Å². The standard InChI is InChI=1S/C27H31NO4/c1-15(29)20-14-28-21(13-22(20)30)24-18-8-11-32-25(18)23(31-10-7-16-4-5-16)12-19(24)17-6-9-27(2,3)26(17)28/h12-14,16-17,26H,4-11H2,1-3H3. The summed E-state index contributed by atoms with van der Waals surface area (Å²) < 4.78 is 14.6. The van der Waals surface area contributed by atoms with Gasteiger partial charge in [-0.05, 0) is 49.1 Å². The van der Waals surface area contributed by atoms with Crippen LogP contribution in [0.15, 0.2) is 23.1 Å². The fraction of sp³-hybridized carbons (Fsp3) is 0.556. The Balaban J connectivity index is 1.55. The normalized spacial score (nSPS) is 24.2. The quantitative estimate of drug-likeness (QED) is 0.601. The Morgan fingerprint density at radius 1 is 1.25 bits per heavy atom. The molecule has 2 saturated carbocycles. The van der Waals surface area contributed by atoms with Crippen LogP contribution < -0.4 is 14.9 Å². The van der Waals surface area contributed by atoms with Gasteiger partial charge in [-0.15, -0.1) is 0 Å². The molecular formula is C27H31NO4. The van der Waals surface area contributed by atoms with E-state index in [4.69, 9.17) is 9.47 Å². The smallest absolute Gasteiger partial charge is 0.192 e. The molecule has 1 aromatic heterocycles. The van der Waals surface area contributed by atoms with Crippen LogP contribution in [0.5, 0.6) is 11.5 Å². The van der Waals surface area contributed by atoms with Gasteiger partial charge in [0.1, 0.15) is 0 Å². The zero-order chi connectivity index (χ0) is 22.2. The zero-order valence-corrected chi connectivity index (χ0v) is 19.2. The van der Waals surface area contributed by atoms with Crippen molar-refractivity contribution < 1.29 is 14.3 Å². The third kappa shape index (κ3) is 2.96. The first kappa shape index (κ1) is 20.1. The van der Waals surface area contributed by atoms with Crippen LogP contribution in [0.3, 0.4) is 0 Å². The molecule has 0 radical (unpaired) electrons. The number of ketones is 1. The molecule has 2 aliphatic carbocycles. The predicted octanol–water partition coefficient (Wildman–Crippen LogP) is 5.29. The topological polar surface area (TPSA) is 57.5 Å². The number of hydrogen-bond donors (Lipinski definition) is 0. The molecule has 0 bridgehead atoms. The van der Waals surface area contributed by atoms with E-state index < -0.39 is 0 Å². The molecule has 2 fully saturated rings. The van der Waals surface area contributed by atoms with E-state index in [1.165, 1.54) is 25.3 Å². The second-order valence-electron chi connectivity index (χ2n) is 10.8. The molecule has 168 valence electrons. The van der Waals surface area contributed by atoms with Gasteiger partial charge in [0, 0.05) is 41.8 Å². The van der Waals surface area contributed by atoms with Crippen molar-refractivity contribution in [3.8, 4) is 22.8 Å². The summed E-state index contributed by atoms with van der Waals surface area (Å²) in [7, 11) is 0. The number of benzene rings is 1. The van der Waals surface area contributed by atoms with Gasteiger partial charge in [-0.2, -0.15) is 0 Å². The van der Waals surface area contributed by atoms with Crippen molar-refractivity contribution in [2.45, 2.75) is 71.3 Å². The molecule has 0 amide bonds. The van der Waals surface area contributed by atoms with Crippen LogP contribution in [0.1, 0.15) is 86.3 Å². The number of nitrogens with zero attached hydrogens (tertiary/aromatic N) is 1. The van der Waals surface area contributed by atoms with E-state index in [1.807, 2.05) is 6.20 Å². The third-order valence-corrected chi connectivity index (χ3v) is 8.15. The van der Waals surface area contributed by atoms with Crippen LogP contribution >= 0.6 is 0 Å². The lowest BCUT2D eigenvalue weighted by Gasteiger charge is -2.40. The molecule has 32 heavy (non-hydrogen) atoms. The van der Waals surface area contributed by atoms with E-state index in [2.05, 4.69) is 24.5 Å². The largest absolute Gasteiger partial charge is 0.490 e. The number of carbonyl (C=O) groups is 1. The Morgan fingerprint density at radius 2 is 2.06 bits per heavy atom. The van der Waals surface area contributed by atoms with Crippen LogP contribution in [0, 0.1) is 11.3 Å². The van der Waals surface area contributed by atoms with E-state index in [0.29, 0.717) is 12.5 Å². The molecule has 2 aliphatic heterocycles. The molecule has 5 heteroatoms. The van der Waals surface area contributed by atoms with Crippen molar-refractivity contribution >= 4 is 5.78 Å². The monoisotopic (exact) mass is 433 g/mol. The maximum Gasteiger partial charge on any atom is 0.192 e. The molecule has 0 N–H and O–H groups in total. The van der Waals surface area contributed by atoms with Crippen LogP contribution in [0.25, 0.3) is 11.3 Å². The number of rotatable bonds is 5. The first-order valence-electron chi connectivity index (χ1n) is 12.1. The number of hydrogen-bond acceptors (Lipinski definition) is 4. The second kappa shape index (κ2) is 6.97. The van der Waals surface area contributed by atoms with Gasteiger partial charge in [-0.25, -0.2) is 0 Å². The SMILES string of the molecule is CC(=O)c1cn2c(cc1=O)-c1c(cc(OCCC3CC3)c3c1CCO3)C1CCC(C)(C)C12. The Hall–Kier alpha value is -2.56. The highest BCUT2D eigenvalue weighted by Gasteiger charge is 2.48. The Morgan fingerprint density at radius 3 is 2.81 bits per heavy atom. The van der Waals surface area contributed by atoms with Crippen molar-refractivity contribution in [1.29, 1.82) is 0 Å².